The molecule has 33 heavy (non-hydrogen) atoms. The number of benzene rings is 3. The number of esters is 1. The van der Waals surface area contributed by atoms with Gasteiger partial charge in [-0.3, -0.25) is 0 Å². The van der Waals surface area contributed by atoms with Crippen LogP contribution in [0.25, 0.3) is 6.08 Å². The Morgan fingerprint density at radius 1 is 1.03 bits per heavy atom. The minimum atomic E-state index is -0.589. The number of methoxy groups -OCH3 is 1. The first-order valence-corrected chi connectivity index (χ1v) is 11.5. The van der Waals surface area contributed by atoms with Gasteiger partial charge in [0.2, 0.25) is 5.90 Å². The second-order valence-electron chi connectivity index (χ2n) is 6.91. The monoisotopic (exact) mass is 565 g/mol. The lowest BCUT2D eigenvalue weighted by Crippen LogP contribution is -2.05. The lowest BCUT2D eigenvalue weighted by molar-refractivity contribution is -0.129. The molecular weight excluding hydrogens is 553 g/mol. The Kier molecular flexibility index (Phi) is 7.29. The average molecular weight is 568 g/mol. The molecule has 0 spiro atoms. The summed E-state index contributed by atoms with van der Waals surface area (Å²) in [5.41, 5.74) is 2.22. The van der Waals surface area contributed by atoms with Crippen molar-refractivity contribution in [3.05, 3.63) is 96.5 Å². The fourth-order valence-corrected chi connectivity index (χ4v) is 4.23. The Hall–Kier alpha value is -2.51. The van der Waals surface area contributed by atoms with E-state index in [4.69, 9.17) is 49.0 Å². The fraction of sp³-hybridized carbons (Fsp3) is 0.0833. The molecule has 0 radical (unpaired) electrons. The molecule has 1 aliphatic heterocycles. The predicted octanol–water partition coefficient (Wildman–Crippen LogP) is 7.34. The van der Waals surface area contributed by atoms with E-state index in [9.17, 15) is 4.79 Å². The minimum absolute atomic E-state index is 0.113. The number of ether oxygens (including phenoxy) is 3. The van der Waals surface area contributed by atoms with Gasteiger partial charge in [0.15, 0.2) is 17.2 Å². The lowest BCUT2D eigenvalue weighted by Gasteiger charge is -2.14. The number of hydrogen-bond acceptors (Lipinski definition) is 5. The standard InChI is InChI=1S/C24H15BrCl3NO4/c1-31-21-10-14(8-18(25)22(21)32-12-13-2-4-15(26)5-3-13)9-20-24(30)33-23(29-20)17-7-6-16(27)11-19(17)28/h2-11H,12H2,1H3/b20-9-. The van der Waals surface area contributed by atoms with E-state index < -0.39 is 5.97 Å². The van der Waals surface area contributed by atoms with Crippen LogP contribution in [0, 0.1) is 0 Å². The predicted molar refractivity (Wildman–Crippen MR) is 134 cm³/mol. The maximum Gasteiger partial charge on any atom is 0.363 e. The molecule has 0 atom stereocenters. The normalized spacial score (nSPS) is 14.3. The molecule has 0 fully saturated rings. The number of nitrogens with zero attached hydrogens (tertiary/aromatic N) is 1. The molecule has 0 saturated carbocycles. The van der Waals surface area contributed by atoms with Crippen LogP contribution >= 0.6 is 50.7 Å². The molecule has 3 aromatic rings. The van der Waals surface area contributed by atoms with Crippen molar-refractivity contribution in [1.29, 1.82) is 0 Å². The van der Waals surface area contributed by atoms with Crippen molar-refractivity contribution in [1.82, 2.24) is 0 Å². The summed E-state index contributed by atoms with van der Waals surface area (Å²) in [4.78, 5) is 16.7. The molecule has 1 heterocycles. The van der Waals surface area contributed by atoms with E-state index in [2.05, 4.69) is 20.9 Å². The minimum Gasteiger partial charge on any atom is -0.493 e. The average Bonchev–Trinajstić information content (AvgIpc) is 3.13. The summed E-state index contributed by atoms with van der Waals surface area (Å²) < 4.78 is 17.4. The Labute approximate surface area is 213 Å². The van der Waals surface area contributed by atoms with Crippen molar-refractivity contribution >= 4 is 68.7 Å². The Balaban J connectivity index is 1.60. The van der Waals surface area contributed by atoms with Gasteiger partial charge in [-0.2, -0.15) is 0 Å². The number of rotatable bonds is 6. The van der Waals surface area contributed by atoms with Crippen LogP contribution in [-0.4, -0.2) is 19.0 Å². The molecule has 5 nitrogen and oxygen atoms in total. The van der Waals surface area contributed by atoms with E-state index >= 15 is 0 Å². The second-order valence-corrected chi connectivity index (χ2v) is 9.04. The third-order valence-electron chi connectivity index (χ3n) is 4.63. The Bertz CT molecular complexity index is 1290. The third kappa shape index (κ3) is 5.53. The van der Waals surface area contributed by atoms with E-state index in [1.807, 2.05) is 12.1 Å². The van der Waals surface area contributed by atoms with Crippen LogP contribution < -0.4 is 9.47 Å². The number of carbonyl (C=O) groups is 1. The van der Waals surface area contributed by atoms with Gasteiger partial charge in [0.25, 0.3) is 0 Å². The molecule has 168 valence electrons. The van der Waals surface area contributed by atoms with E-state index in [1.54, 1.807) is 48.5 Å². The number of aliphatic imine (C=N–C) groups is 1. The van der Waals surface area contributed by atoms with Gasteiger partial charge in [0.1, 0.15) is 6.61 Å². The summed E-state index contributed by atoms with van der Waals surface area (Å²) >= 11 is 21.6. The first kappa shape index (κ1) is 23.6. The van der Waals surface area contributed by atoms with Gasteiger partial charge < -0.3 is 14.2 Å². The van der Waals surface area contributed by atoms with Crippen LogP contribution in [-0.2, 0) is 16.1 Å². The van der Waals surface area contributed by atoms with Crippen molar-refractivity contribution in [3.8, 4) is 11.5 Å². The Morgan fingerprint density at radius 2 is 1.76 bits per heavy atom. The van der Waals surface area contributed by atoms with Gasteiger partial charge in [0, 0.05) is 10.0 Å². The summed E-state index contributed by atoms with van der Waals surface area (Å²) in [6.07, 6.45) is 1.59. The van der Waals surface area contributed by atoms with Gasteiger partial charge in [0.05, 0.1) is 22.2 Å². The van der Waals surface area contributed by atoms with E-state index in [0.717, 1.165) is 5.56 Å². The summed E-state index contributed by atoms with van der Waals surface area (Å²) in [6.45, 7) is 0.328. The molecular formula is C24H15BrCl3NO4. The zero-order valence-electron chi connectivity index (χ0n) is 17.1. The van der Waals surface area contributed by atoms with Crippen molar-refractivity contribution in [2.75, 3.05) is 7.11 Å². The van der Waals surface area contributed by atoms with Crippen molar-refractivity contribution in [3.63, 3.8) is 0 Å². The van der Waals surface area contributed by atoms with Crippen LogP contribution in [0.5, 0.6) is 11.5 Å². The van der Waals surface area contributed by atoms with Gasteiger partial charge in [-0.25, -0.2) is 9.79 Å². The molecule has 0 aliphatic carbocycles. The van der Waals surface area contributed by atoms with E-state index in [1.165, 1.54) is 7.11 Å². The first-order chi connectivity index (χ1) is 15.8. The summed E-state index contributed by atoms with van der Waals surface area (Å²) in [5, 5.41) is 1.46. The molecule has 0 bridgehead atoms. The van der Waals surface area contributed by atoms with Gasteiger partial charge >= 0.3 is 5.97 Å². The SMILES string of the molecule is COc1cc(/C=C2\N=C(c3ccc(Cl)cc3Cl)OC2=O)cc(Br)c1OCc1ccc(Cl)cc1. The zero-order valence-corrected chi connectivity index (χ0v) is 20.9. The quantitative estimate of drug-likeness (QED) is 0.231. The highest BCUT2D eigenvalue weighted by atomic mass is 79.9. The number of cyclic esters (lactones) is 1. The number of hydrogen-bond donors (Lipinski definition) is 0. The molecule has 0 unspecified atom stereocenters. The van der Waals surface area contributed by atoms with Crippen molar-refractivity contribution in [2.45, 2.75) is 6.61 Å². The van der Waals surface area contributed by atoms with E-state index in [-0.39, 0.29) is 11.6 Å². The summed E-state index contributed by atoms with van der Waals surface area (Å²) in [6, 6.07) is 15.8. The fourth-order valence-electron chi connectivity index (χ4n) is 3.04. The lowest BCUT2D eigenvalue weighted by atomic mass is 10.1. The molecule has 3 aromatic carbocycles. The molecule has 9 heteroatoms. The van der Waals surface area contributed by atoms with Gasteiger partial charge in [-0.1, -0.05) is 46.9 Å². The van der Waals surface area contributed by atoms with Gasteiger partial charge in [-0.05, 0) is 75.6 Å². The smallest absolute Gasteiger partial charge is 0.363 e. The van der Waals surface area contributed by atoms with Crippen molar-refractivity contribution in [2.24, 2.45) is 4.99 Å². The highest BCUT2D eigenvalue weighted by Gasteiger charge is 2.26. The number of carbonyl (C=O) groups excluding carboxylic acids is 1. The topological polar surface area (TPSA) is 57.1 Å². The summed E-state index contributed by atoms with van der Waals surface area (Å²) in [7, 11) is 1.54. The molecule has 0 aromatic heterocycles. The van der Waals surface area contributed by atoms with Crippen LogP contribution in [0.2, 0.25) is 15.1 Å². The van der Waals surface area contributed by atoms with E-state index in [0.29, 0.717) is 48.8 Å². The van der Waals surface area contributed by atoms with Crippen LogP contribution in [0.4, 0.5) is 0 Å². The highest BCUT2D eigenvalue weighted by Crippen LogP contribution is 2.38. The molecule has 0 amide bonds. The van der Waals surface area contributed by atoms with Crippen LogP contribution in [0.1, 0.15) is 16.7 Å². The highest BCUT2D eigenvalue weighted by molar-refractivity contribution is 9.10. The Morgan fingerprint density at radius 3 is 2.45 bits per heavy atom. The van der Waals surface area contributed by atoms with Crippen molar-refractivity contribution < 1.29 is 19.0 Å². The van der Waals surface area contributed by atoms with Gasteiger partial charge in [-0.15, -0.1) is 0 Å². The maximum atomic E-state index is 12.4. The first-order valence-electron chi connectivity index (χ1n) is 9.57. The molecule has 1 aliphatic rings. The molecule has 0 saturated heterocycles. The van der Waals surface area contributed by atoms with Crippen LogP contribution in [0.15, 0.2) is 69.8 Å². The molecule has 4 rings (SSSR count). The second kappa shape index (κ2) is 10.2. The largest absolute Gasteiger partial charge is 0.493 e. The number of halogens is 4. The maximum absolute atomic E-state index is 12.4. The van der Waals surface area contributed by atoms with Crippen LogP contribution in [0.3, 0.4) is 0 Å². The summed E-state index contributed by atoms with van der Waals surface area (Å²) in [5.74, 6) is 0.540. The zero-order chi connectivity index (χ0) is 23.5. The molecule has 0 N–H and O–H groups in total. The third-order valence-corrected chi connectivity index (χ3v) is 6.02.